The molecule has 0 atom stereocenters. The minimum absolute atomic E-state index is 0.146. The second kappa shape index (κ2) is 5.61. The first-order chi connectivity index (χ1) is 10.3. The first-order valence-corrected chi connectivity index (χ1v) is 7.14. The maximum atomic E-state index is 12.9. The molecule has 0 saturated carbocycles. The molecule has 0 aliphatic heterocycles. The third-order valence-corrected chi connectivity index (χ3v) is 3.59. The Balaban J connectivity index is 2.44. The standard InChI is InChI=1S/C16H14N2O2S/c1-20-13-9-5-8-12-15(13)16(19)18(14(10-21)17-12)11-6-3-2-4-7-11/h2-9,21H,10H2,1H3. The summed E-state index contributed by atoms with van der Waals surface area (Å²) in [4.78, 5) is 17.4. The van der Waals surface area contributed by atoms with Crippen molar-refractivity contribution in [3.63, 3.8) is 0 Å². The van der Waals surface area contributed by atoms with Gasteiger partial charge in [0.1, 0.15) is 17.0 Å². The van der Waals surface area contributed by atoms with Crippen molar-refractivity contribution in [3.05, 3.63) is 64.7 Å². The second-order valence-corrected chi connectivity index (χ2v) is 4.83. The van der Waals surface area contributed by atoms with Crippen molar-refractivity contribution in [2.45, 2.75) is 5.75 Å². The molecule has 0 unspecified atom stereocenters. The van der Waals surface area contributed by atoms with Crippen molar-refractivity contribution < 1.29 is 4.74 Å². The predicted octanol–water partition coefficient (Wildman–Crippen LogP) is 2.82. The van der Waals surface area contributed by atoms with Crippen LogP contribution < -0.4 is 10.3 Å². The summed E-state index contributed by atoms with van der Waals surface area (Å²) < 4.78 is 6.88. The largest absolute Gasteiger partial charge is 0.496 e. The van der Waals surface area contributed by atoms with E-state index in [1.165, 1.54) is 0 Å². The summed E-state index contributed by atoms with van der Waals surface area (Å²) >= 11 is 4.30. The number of hydrogen-bond acceptors (Lipinski definition) is 4. The predicted molar refractivity (Wildman–Crippen MR) is 86.6 cm³/mol. The summed E-state index contributed by atoms with van der Waals surface area (Å²) in [5.41, 5.74) is 1.25. The molecule has 21 heavy (non-hydrogen) atoms. The fourth-order valence-corrected chi connectivity index (χ4v) is 2.58. The van der Waals surface area contributed by atoms with Gasteiger partial charge in [0.15, 0.2) is 0 Å². The van der Waals surface area contributed by atoms with Gasteiger partial charge in [0.05, 0.1) is 18.3 Å². The van der Waals surface area contributed by atoms with Crippen LogP contribution in [-0.4, -0.2) is 16.7 Å². The van der Waals surface area contributed by atoms with Crippen LogP contribution in [-0.2, 0) is 5.75 Å². The lowest BCUT2D eigenvalue weighted by Crippen LogP contribution is -2.23. The molecule has 5 heteroatoms. The van der Waals surface area contributed by atoms with Gasteiger partial charge in [-0.15, -0.1) is 0 Å². The molecule has 3 aromatic rings. The SMILES string of the molecule is COc1cccc2nc(CS)n(-c3ccccc3)c(=O)c12. The molecule has 2 aromatic carbocycles. The molecule has 0 fully saturated rings. The van der Waals surface area contributed by atoms with Crippen molar-refractivity contribution in [2.24, 2.45) is 0 Å². The fraction of sp³-hybridized carbons (Fsp3) is 0.125. The van der Waals surface area contributed by atoms with E-state index >= 15 is 0 Å². The van der Waals surface area contributed by atoms with E-state index in [-0.39, 0.29) is 5.56 Å². The summed E-state index contributed by atoms with van der Waals surface area (Å²) in [6, 6.07) is 14.8. The summed E-state index contributed by atoms with van der Waals surface area (Å²) in [6.45, 7) is 0. The van der Waals surface area contributed by atoms with E-state index < -0.39 is 0 Å². The van der Waals surface area contributed by atoms with Gasteiger partial charge in [0, 0.05) is 5.75 Å². The number of aromatic nitrogens is 2. The van der Waals surface area contributed by atoms with E-state index in [4.69, 9.17) is 4.74 Å². The lowest BCUT2D eigenvalue weighted by Gasteiger charge is -2.13. The normalized spacial score (nSPS) is 10.8. The number of methoxy groups -OCH3 is 1. The smallest absolute Gasteiger partial charge is 0.269 e. The zero-order chi connectivity index (χ0) is 14.8. The van der Waals surface area contributed by atoms with Gasteiger partial charge in [-0.1, -0.05) is 24.3 Å². The Morgan fingerprint density at radius 2 is 1.90 bits per heavy atom. The highest BCUT2D eigenvalue weighted by molar-refractivity contribution is 7.79. The molecule has 0 spiro atoms. The molecule has 0 aliphatic carbocycles. The summed E-state index contributed by atoms with van der Waals surface area (Å²) in [5, 5.41) is 0.481. The highest BCUT2D eigenvalue weighted by Crippen LogP contribution is 2.22. The van der Waals surface area contributed by atoms with Gasteiger partial charge in [0.2, 0.25) is 0 Å². The van der Waals surface area contributed by atoms with Gasteiger partial charge < -0.3 is 4.74 Å². The highest BCUT2D eigenvalue weighted by Gasteiger charge is 2.14. The van der Waals surface area contributed by atoms with E-state index in [0.29, 0.717) is 28.2 Å². The van der Waals surface area contributed by atoms with Crippen molar-refractivity contribution in [2.75, 3.05) is 7.11 Å². The second-order valence-electron chi connectivity index (χ2n) is 4.52. The number of ether oxygens (including phenoxy) is 1. The lowest BCUT2D eigenvalue weighted by molar-refractivity contribution is 0.419. The monoisotopic (exact) mass is 298 g/mol. The third-order valence-electron chi connectivity index (χ3n) is 3.30. The molecule has 4 nitrogen and oxygen atoms in total. The summed E-state index contributed by atoms with van der Waals surface area (Å²) in [6.07, 6.45) is 0. The molecular formula is C16H14N2O2S. The molecule has 0 bridgehead atoms. The van der Waals surface area contributed by atoms with Gasteiger partial charge in [-0.25, -0.2) is 4.98 Å². The Morgan fingerprint density at radius 3 is 2.57 bits per heavy atom. The van der Waals surface area contributed by atoms with E-state index in [1.54, 1.807) is 17.7 Å². The number of thiol groups is 1. The first kappa shape index (κ1) is 13.7. The van der Waals surface area contributed by atoms with Crippen LogP contribution in [0.3, 0.4) is 0 Å². The van der Waals surface area contributed by atoms with Crippen LogP contribution >= 0.6 is 12.6 Å². The van der Waals surface area contributed by atoms with Crippen LogP contribution in [0.2, 0.25) is 0 Å². The van der Waals surface area contributed by atoms with Crippen LogP contribution in [0.25, 0.3) is 16.6 Å². The average Bonchev–Trinajstić information content (AvgIpc) is 2.54. The number of hydrogen-bond donors (Lipinski definition) is 1. The van der Waals surface area contributed by atoms with E-state index in [0.717, 1.165) is 5.69 Å². The summed E-state index contributed by atoms with van der Waals surface area (Å²) in [5.74, 6) is 1.51. The topological polar surface area (TPSA) is 44.1 Å². The quantitative estimate of drug-likeness (QED) is 0.756. The van der Waals surface area contributed by atoms with E-state index in [9.17, 15) is 4.79 Å². The number of rotatable bonds is 3. The molecule has 3 rings (SSSR count). The van der Waals surface area contributed by atoms with Crippen LogP contribution in [0.4, 0.5) is 0 Å². The molecule has 0 N–H and O–H groups in total. The van der Waals surface area contributed by atoms with Gasteiger partial charge in [0.25, 0.3) is 5.56 Å². The maximum Gasteiger partial charge on any atom is 0.269 e. The van der Waals surface area contributed by atoms with Crippen LogP contribution in [0.5, 0.6) is 5.75 Å². The molecule has 106 valence electrons. The Morgan fingerprint density at radius 1 is 1.14 bits per heavy atom. The fourth-order valence-electron chi connectivity index (χ4n) is 2.37. The van der Waals surface area contributed by atoms with Gasteiger partial charge in [-0.05, 0) is 24.3 Å². The molecular weight excluding hydrogens is 284 g/mol. The highest BCUT2D eigenvalue weighted by atomic mass is 32.1. The molecule has 1 heterocycles. The van der Waals surface area contributed by atoms with E-state index in [1.807, 2.05) is 42.5 Å². The Kier molecular flexibility index (Phi) is 3.66. The average molecular weight is 298 g/mol. The summed E-state index contributed by atoms with van der Waals surface area (Å²) in [7, 11) is 1.55. The first-order valence-electron chi connectivity index (χ1n) is 6.51. The number of para-hydroxylation sites is 1. The lowest BCUT2D eigenvalue weighted by atomic mass is 10.2. The zero-order valence-electron chi connectivity index (χ0n) is 11.5. The maximum absolute atomic E-state index is 12.9. The Labute approximate surface area is 127 Å². The molecule has 0 aliphatic rings. The number of benzene rings is 2. The zero-order valence-corrected chi connectivity index (χ0v) is 12.4. The van der Waals surface area contributed by atoms with Crippen LogP contribution in [0.1, 0.15) is 5.82 Å². The number of nitrogens with zero attached hydrogens (tertiary/aromatic N) is 2. The molecule has 0 radical (unpaired) electrons. The molecule has 0 saturated heterocycles. The van der Waals surface area contributed by atoms with Crippen molar-refractivity contribution in [1.29, 1.82) is 0 Å². The van der Waals surface area contributed by atoms with Crippen molar-refractivity contribution >= 4 is 23.5 Å². The van der Waals surface area contributed by atoms with Gasteiger partial charge >= 0.3 is 0 Å². The van der Waals surface area contributed by atoms with Gasteiger partial charge in [-0.3, -0.25) is 9.36 Å². The number of fused-ring (bicyclic) bond motifs is 1. The Bertz CT molecular complexity index is 844. The van der Waals surface area contributed by atoms with E-state index in [2.05, 4.69) is 17.6 Å². The minimum Gasteiger partial charge on any atom is -0.496 e. The molecule has 1 aromatic heterocycles. The minimum atomic E-state index is -0.146. The molecule has 0 amide bonds. The third kappa shape index (κ3) is 2.29. The van der Waals surface area contributed by atoms with Crippen LogP contribution in [0.15, 0.2) is 53.3 Å². The van der Waals surface area contributed by atoms with Gasteiger partial charge in [-0.2, -0.15) is 12.6 Å². The van der Waals surface area contributed by atoms with Crippen molar-refractivity contribution in [3.8, 4) is 11.4 Å². The Hall–Kier alpha value is -2.27. The van der Waals surface area contributed by atoms with Crippen molar-refractivity contribution in [1.82, 2.24) is 9.55 Å². The van der Waals surface area contributed by atoms with Crippen LogP contribution in [0, 0.1) is 0 Å².